The van der Waals surface area contributed by atoms with Crippen LogP contribution in [0.25, 0.3) is 0 Å². The van der Waals surface area contributed by atoms with Gasteiger partial charge in [-0.15, -0.1) is 0 Å². The van der Waals surface area contributed by atoms with E-state index in [9.17, 15) is 9.59 Å². The maximum absolute atomic E-state index is 12.4. The Balaban J connectivity index is 2.03. The number of carbonyl (C=O) groups is 2. The minimum Gasteiger partial charge on any atom is -0.347 e. The highest BCUT2D eigenvalue weighted by atomic mass is 16.2. The molecule has 2 N–H and O–H groups in total. The van der Waals surface area contributed by atoms with E-state index < -0.39 is 5.54 Å². The summed E-state index contributed by atoms with van der Waals surface area (Å²) in [6, 6.07) is 16.7. The first-order valence-corrected chi connectivity index (χ1v) is 8.22. The number of hydrogen-bond donors (Lipinski definition) is 2. The molecule has 5 nitrogen and oxygen atoms in total. The van der Waals surface area contributed by atoms with Gasteiger partial charge in [-0.2, -0.15) is 0 Å². The van der Waals surface area contributed by atoms with Crippen LogP contribution in [0.4, 0.5) is 5.69 Å². The lowest BCUT2D eigenvalue weighted by atomic mass is 10.0. The third kappa shape index (κ3) is 5.16. The zero-order chi connectivity index (χ0) is 18.4. The van der Waals surface area contributed by atoms with Crippen LogP contribution in [0.3, 0.4) is 0 Å². The van der Waals surface area contributed by atoms with Gasteiger partial charge in [0, 0.05) is 31.9 Å². The van der Waals surface area contributed by atoms with Crippen molar-refractivity contribution in [1.82, 2.24) is 10.2 Å². The highest BCUT2D eigenvalue weighted by Gasteiger charge is 2.28. The van der Waals surface area contributed by atoms with Crippen molar-refractivity contribution in [1.29, 1.82) is 0 Å². The summed E-state index contributed by atoms with van der Waals surface area (Å²) in [5.41, 5.74) is 1.61. The number of likely N-dealkylation sites (N-methyl/N-ethyl adjacent to an activating group) is 1. The Morgan fingerprint density at radius 2 is 1.68 bits per heavy atom. The van der Waals surface area contributed by atoms with E-state index in [1.54, 1.807) is 25.1 Å². The Hall–Kier alpha value is -2.66. The number of benzene rings is 2. The molecule has 0 aliphatic heterocycles. The van der Waals surface area contributed by atoms with Crippen LogP contribution >= 0.6 is 0 Å². The van der Waals surface area contributed by atoms with Crippen LogP contribution in [0.15, 0.2) is 54.6 Å². The van der Waals surface area contributed by atoms with E-state index in [4.69, 9.17) is 0 Å². The first-order chi connectivity index (χ1) is 11.8. The van der Waals surface area contributed by atoms with E-state index >= 15 is 0 Å². The lowest BCUT2D eigenvalue weighted by molar-refractivity contribution is -0.134. The molecule has 132 valence electrons. The summed E-state index contributed by atoms with van der Waals surface area (Å²) in [4.78, 5) is 26.1. The fourth-order valence-corrected chi connectivity index (χ4v) is 2.50. The molecule has 0 fully saturated rings. The van der Waals surface area contributed by atoms with Gasteiger partial charge in [-0.1, -0.05) is 30.3 Å². The standard InChI is InChI=1S/C20H25N3O2/c1-20(2,19(25)23(3)4)21-14-15-9-8-10-16(13-15)18(24)22-17-11-6-5-7-12-17/h5-13,21H,14H2,1-4H3,(H,22,24). The van der Waals surface area contributed by atoms with E-state index in [1.807, 2.05) is 62.4 Å². The Morgan fingerprint density at radius 3 is 2.32 bits per heavy atom. The van der Waals surface area contributed by atoms with Crippen molar-refractivity contribution in [3.63, 3.8) is 0 Å². The minimum absolute atomic E-state index is 0.00507. The van der Waals surface area contributed by atoms with Gasteiger partial charge in [0.15, 0.2) is 0 Å². The lowest BCUT2D eigenvalue weighted by Gasteiger charge is -2.28. The number of para-hydroxylation sites is 1. The summed E-state index contributed by atoms with van der Waals surface area (Å²) in [6.45, 7) is 4.20. The summed E-state index contributed by atoms with van der Waals surface area (Å²) < 4.78 is 0. The number of nitrogens with one attached hydrogen (secondary N) is 2. The average Bonchev–Trinajstić information content (AvgIpc) is 2.60. The van der Waals surface area contributed by atoms with Crippen LogP contribution in [0, 0.1) is 0 Å². The number of amides is 2. The zero-order valence-electron chi connectivity index (χ0n) is 15.2. The number of rotatable bonds is 6. The predicted octanol–water partition coefficient (Wildman–Crippen LogP) is 2.90. The van der Waals surface area contributed by atoms with E-state index in [1.165, 1.54) is 0 Å². The van der Waals surface area contributed by atoms with Crippen molar-refractivity contribution < 1.29 is 9.59 Å². The van der Waals surface area contributed by atoms with Crippen LogP contribution in [-0.4, -0.2) is 36.3 Å². The molecule has 0 aromatic heterocycles. The molecule has 0 aliphatic rings. The van der Waals surface area contributed by atoms with Gasteiger partial charge in [0.25, 0.3) is 5.91 Å². The van der Waals surface area contributed by atoms with Crippen molar-refractivity contribution in [2.45, 2.75) is 25.9 Å². The van der Waals surface area contributed by atoms with Gasteiger partial charge < -0.3 is 10.2 Å². The molecule has 0 spiro atoms. The Morgan fingerprint density at radius 1 is 1.00 bits per heavy atom. The second kappa shape index (κ2) is 7.94. The molecule has 2 aromatic rings. The number of hydrogen-bond acceptors (Lipinski definition) is 3. The van der Waals surface area contributed by atoms with Crippen molar-refractivity contribution in [2.75, 3.05) is 19.4 Å². The monoisotopic (exact) mass is 339 g/mol. The van der Waals surface area contributed by atoms with E-state index in [0.29, 0.717) is 12.1 Å². The van der Waals surface area contributed by atoms with Gasteiger partial charge in [0.2, 0.25) is 5.91 Å². The predicted molar refractivity (Wildman–Crippen MR) is 100 cm³/mol. The van der Waals surface area contributed by atoms with Crippen molar-refractivity contribution in [3.05, 3.63) is 65.7 Å². The summed E-state index contributed by atoms with van der Waals surface area (Å²) >= 11 is 0. The van der Waals surface area contributed by atoms with Crippen molar-refractivity contribution in [3.8, 4) is 0 Å². The number of carbonyl (C=O) groups excluding carboxylic acids is 2. The van der Waals surface area contributed by atoms with Gasteiger partial charge in [-0.05, 0) is 43.7 Å². The maximum atomic E-state index is 12.4. The lowest BCUT2D eigenvalue weighted by Crippen LogP contribution is -2.51. The SMILES string of the molecule is CN(C)C(=O)C(C)(C)NCc1cccc(C(=O)Nc2ccccc2)c1. The Bertz CT molecular complexity index is 740. The van der Waals surface area contributed by atoms with Gasteiger partial charge in [-0.25, -0.2) is 0 Å². The molecule has 0 bridgehead atoms. The molecule has 5 heteroatoms. The molecule has 0 atom stereocenters. The smallest absolute Gasteiger partial charge is 0.255 e. The molecule has 0 saturated heterocycles. The first kappa shape index (κ1) is 18.7. The zero-order valence-corrected chi connectivity index (χ0v) is 15.2. The Labute approximate surface area is 149 Å². The van der Waals surface area contributed by atoms with Crippen molar-refractivity contribution >= 4 is 17.5 Å². The third-order valence-electron chi connectivity index (χ3n) is 3.90. The second-order valence-corrected chi connectivity index (χ2v) is 6.70. The van der Waals surface area contributed by atoms with Crippen LogP contribution in [0.2, 0.25) is 0 Å². The summed E-state index contributed by atoms with van der Waals surface area (Å²) in [5, 5.41) is 6.12. The molecule has 0 saturated carbocycles. The molecular weight excluding hydrogens is 314 g/mol. The molecule has 2 aromatic carbocycles. The van der Waals surface area contributed by atoms with Gasteiger partial charge in [-0.3, -0.25) is 14.9 Å². The van der Waals surface area contributed by atoms with Crippen LogP contribution in [-0.2, 0) is 11.3 Å². The van der Waals surface area contributed by atoms with E-state index in [0.717, 1.165) is 11.3 Å². The highest BCUT2D eigenvalue weighted by Crippen LogP contribution is 2.12. The molecule has 0 aliphatic carbocycles. The van der Waals surface area contributed by atoms with Gasteiger partial charge in [0.05, 0.1) is 5.54 Å². The minimum atomic E-state index is -0.675. The van der Waals surface area contributed by atoms with Gasteiger partial charge >= 0.3 is 0 Å². The average molecular weight is 339 g/mol. The summed E-state index contributed by atoms with van der Waals surface area (Å²) in [6.07, 6.45) is 0. The maximum Gasteiger partial charge on any atom is 0.255 e. The number of nitrogens with zero attached hydrogens (tertiary/aromatic N) is 1. The molecule has 25 heavy (non-hydrogen) atoms. The van der Waals surface area contributed by atoms with Crippen LogP contribution < -0.4 is 10.6 Å². The normalized spacial score (nSPS) is 11.0. The molecule has 2 rings (SSSR count). The quantitative estimate of drug-likeness (QED) is 0.851. The van der Waals surface area contributed by atoms with Crippen molar-refractivity contribution in [2.24, 2.45) is 0 Å². The van der Waals surface area contributed by atoms with E-state index in [-0.39, 0.29) is 11.8 Å². The molecule has 0 unspecified atom stereocenters. The van der Waals surface area contributed by atoms with Crippen LogP contribution in [0.5, 0.6) is 0 Å². The Kier molecular flexibility index (Phi) is 5.93. The van der Waals surface area contributed by atoms with E-state index in [2.05, 4.69) is 10.6 Å². The summed E-state index contributed by atoms with van der Waals surface area (Å²) in [5.74, 6) is -0.151. The molecule has 0 heterocycles. The third-order valence-corrected chi connectivity index (χ3v) is 3.90. The fraction of sp³-hybridized carbons (Fsp3) is 0.300. The summed E-state index contributed by atoms with van der Waals surface area (Å²) in [7, 11) is 3.47. The first-order valence-electron chi connectivity index (χ1n) is 8.22. The van der Waals surface area contributed by atoms with Crippen LogP contribution in [0.1, 0.15) is 29.8 Å². The number of anilines is 1. The highest BCUT2D eigenvalue weighted by molar-refractivity contribution is 6.04. The molecule has 0 radical (unpaired) electrons. The topological polar surface area (TPSA) is 61.4 Å². The van der Waals surface area contributed by atoms with Gasteiger partial charge in [0.1, 0.15) is 0 Å². The largest absolute Gasteiger partial charge is 0.347 e. The molecule has 2 amide bonds. The fourth-order valence-electron chi connectivity index (χ4n) is 2.50. The molecular formula is C20H25N3O2. The second-order valence-electron chi connectivity index (χ2n) is 6.70.